The van der Waals surface area contributed by atoms with Crippen molar-refractivity contribution in [1.29, 1.82) is 0 Å². The Morgan fingerprint density at radius 1 is 1.09 bits per heavy atom. The van der Waals surface area contributed by atoms with E-state index in [2.05, 4.69) is 13.2 Å². The molecule has 1 rings (SSSR count). The van der Waals surface area contributed by atoms with Crippen molar-refractivity contribution < 1.29 is 13.2 Å². The second kappa shape index (κ2) is 11.0. The van der Waals surface area contributed by atoms with E-state index in [-0.39, 0.29) is 6.10 Å². The molecule has 6 heteroatoms. The van der Waals surface area contributed by atoms with Gasteiger partial charge >= 0.3 is 0 Å². The second-order valence-corrected chi connectivity index (χ2v) is 8.05. The highest BCUT2D eigenvalue weighted by Crippen LogP contribution is 2.16. The van der Waals surface area contributed by atoms with Gasteiger partial charge in [0.05, 0.1) is 6.10 Å². The van der Waals surface area contributed by atoms with Crippen molar-refractivity contribution in [2.75, 3.05) is 33.3 Å². The molecule has 5 nitrogen and oxygen atoms in total. The normalized spacial score (nSPS) is 19.7. The Morgan fingerprint density at radius 3 is 2.43 bits per heavy atom. The zero-order chi connectivity index (χ0) is 17.1. The van der Waals surface area contributed by atoms with Crippen LogP contribution in [0, 0.1) is 0 Å². The topological polar surface area (TPSA) is 49.9 Å². The van der Waals surface area contributed by atoms with Gasteiger partial charge in [-0.05, 0) is 44.9 Å². The highest BCUT2D eigenvalue weighted by atomic mass is 32.2. The van der Waals surface area contributed by atoms with Gasteiger partial charge in [-0.25, -0.2) is 0 Å². The number of rotatable bonds is 13. The molecule has 1 atom stereocenters. The van der Waals surface area contributed by atoms with E-state index in [0.29, 0.717) is 26.2 Å². The molecule has 1 unspecified atom stereocenters. The lowest BCUT2D eigenvalue weighted by Crippen LogP contribution is -2.31. The van der Waals surface area contributed by atoms with Crippen molar-refractivity contribution in [3.63, 3.8) is 0 Å². The van der Waals surface area contributed by atoms with Crippen LogP contribution in [0.1, 0.15) is 44.9 Å². The number of hydrogen-bond donors (Lipinski definition) is 0. The van der Waals surface area contributed by atoms with E-state index < -0.39 is 10.2 Å². The number of nitrogens with zero attached hydrogens (tertiary/aromatic N) is 2. The predicted octanol–water partition coefficient (Wildman–Crippen LogP) is 2.97. The minimum Gasteiger partial charge on any atom is -0.378 e. The van der Waals surface area contributed by atoms with Crippen LogP contribution in [-0.2, 0) is 14.9 Å². The fraction of sp³-hybridized carbons (Fsp3) is 0.765. The van der Waals surface area contributed by atoms with Crippen LogP contribution in [0.4, 0.5) is 0 Å². The summed E-state index contributed by atoms with van der Waals surface area (Å²) in [5, 5.41) is 0. The minimum atomic E-state index is -3.19. The Labute approximate surface area is 142 Å². The van der Waals surface area contributed by atoms with Crippen molar-refractivity contribution in [2.45, 2.75) is 51.0 Å². The summed E-state index contributed by atoms with van der Waals surface area (Å²) >= 11 is 0. The molecule has 0 aromatic rings. The molecule has 0 N–H and O–H groups in total. The van der Waals surface area contributed by atoms with Gasteiger partial charge in [-0.1, -0.05) is 12.2 Å². The van der Waals surface area contributed by atoms with Crippen molar-refractivity contribution in [2.24, 2.45) is 0 Å². The average Bonchev–Trinajstić information content (AvgIpc) is 2.78. The van der Waals surface area contributed by atoms with Crippen molar-refractivity contribution in [3.05, 3.63) is 25.3 Å². The number of hydrogen-bond acceptors (Lipinski definition) is 3. The van der Waals surface area contributed by atoms with Crippen molar-refractivity contribution in [1.82, 2.24) is 8.61 Å². The lowest BCUT2D eigenvalue weighted by Gasteiger charge is -2.18. The standard InChI is InChI=1S/C17H32N2O3S/c1-4-6-8-12-17(11-7-5-2)22-16-10-9-13-19-15-14-18(3)23(19,20)21/h4-5,17H,1-2,6-16H2,3H3. The van der Waals surface area contributed by atoms with E-state index in [1.54, 1.807) is 11.4 Å². The Bertz CT molecular complexity index is 451. The highest BCUT2D eigenvalue weighted by molar-refractivity contribution is 7.87. The van der Waals surface area contributed by atoms with E-state index >= 15 is 0 Å². The molecular weight excluding hydrogens is 312 g/mol. The first-order valence-corrected chi connectivity index (χ1v) is 9.97. The van der Waals surface area contributed by atoms with Crippen LogP contribution >= 0.6 is 0 Å². The molecular formula is C17H32N2O3S. The molecule has 1 heterocycles. The number of unbranched alkanes of at least 4 members (excludes halogenated alkanes) is 2. The Balaban J connectivity index is 2.20. The van der Waals surface area contributed by atoms with Gasteiger partial charge in [0.1, 0.15) is 0 Å². The summed E-state index contributed by atoms with van der Waals surface area (Å²) < 4.78 is 32.8. The maximum Gasteiger partial charge on any atom is 0.281 e. The SMILES string of the molecule is C=CCCCC(CCC=C)OCCCCN1CCN(C)S1(=O)=O. The average molecular weight is 345 g/mol. The molecule has 23 heavy (non-hydrogen) atoms. The molecule has 0 aliphatic carbocycles. The van der Waals surface area contributed by atoms with Gasteiger partial charge < -0.3 is 4.74 Å². The van der Waals surface area contributed by atoms with Crippen LogP contribution in [0.5, 0.6) is 0 Å². The number of allylic oxidation sites excluding steroid dienone is 2. The molecule has 1 saturated heterocycles. The zero-order valence-electron chi connectivity index (χ0n) is 14.5. The van der Waals surface area contributed by atoms with E-state index in [1.165, 1.54) is 4.31 Å². The smallest absolute Gasteiger partial charge is 0.281 e. The van der Waals surface area contributed by atoms with E-state index in [4.69, 9.17) is 4.74 Å². The molecule has 1 aliphatic heterocycles. The van der Waals surface area contributed by atoms with Gasteiger partial charge in [-0.15, -0.1) is 13.2 Å². The van der Waals surface area contributed by atoms with Crippen LogP contribution in [0.15, 0.2) is 25.3 Å². The third-order valence-corrected chi connectivity index (χ3v) is 6.15. The summed E-state index contributed by atoms with van der Waals surface area (Å²) in [4.78, 5) is 0. The molecule has 0 aromatic carbocycles. The summed E-state index contributed by atoms with van der Waals surface area (Å²) in [6, 6.07) is 0. The van der Waals surface area contributed by atoms with Crippen molar-refractivity contribution >= 4 is 10.2 Å². The molecule has 0 spiro atoms. The third kappa shape index (κ3) is 7.16. The van der Waals surface area contributed by atoms with Gasteiger partial charge in [0.15, 0.2) is 0 Å². The molecule has 0 aromatic heterocycles. The maximum absolute atomic E-state index is 11.9. The second-order valence-electron chi connectivity index (χ2n) is 6.01. The zero-order valence-corrected chi connectivity index (χ0v) is 15.3. The minimum absolute atomic E-state index is 0.273. The van der Waals surface area contributed by atoms with Crippen LogP contribution in [-0.4, -0.2) is 56.4 Å². The number of ether oxygens (including phenoxy) is 1. The molecule has 0 radical (unpaired) electrons. The molecule has 0 saturated carbocycles. The monoisotopic (exact) mass is 344 g/mol. The van der Waals surface area contributed by atoms with E-state index in [1.807, 2.05) is 12.2 Å². The maximum atomic E-state index is 11.9. The fourth-order valence-electron chi connectivity index (χ4n) is 2.65. The van der Waals surface area contributed by atoms with Gasteiger partial charge in [0, 0.05) is 33.3 Å². The van der Waals surface area contributed by atoms with Crippen molar-refractivity contribution in [3.8, 4) is 0 Å². The fourth-order valence-corrected chi connectivity index (χ4v) is 4.03. The molecule has 0 amide bonds. The van der Waals surface area contributed by atoms with Crippen LogP contribution in [0.3, 0.4) is 0 Å². The Hall–Kier alpha value is -0.690. The highest BCUT2D eigenvalue weighted by Gasteiger charge is 2.32. The summed E-state index contributed by atoms with van der Waals surface area (Å²) in [7, 11) is -1.56. The first-order valence-electron chi connectivity index (χ1n) is 8.57. The summed E-state index contributed by atoms with van der Waals surface area (Å²) in [5.74, 6) is 0. The summed E-state index contributed by atoms with van der Waals surface area (Å²) in [6.45, 7) is 9.98. The predicted molar refractivity (Wildman–Crippen MR) is 95.6 cm³/mol. The number of likely N-dealkylation sites (N-methyl/N-ethyl adjacent to an activating group) is 1. The third-order valence-electron chi connectivity index (χ3n) is 4.17. The van der Waals surface area contributed by atoms with Crippen LogP contribution in [0.25, 0.3) is 0 Å². The van der Waals surface area contributed by atoms with Gasteiger partial charge in [0.2, 0.25) is 0 Å². The summed E-state index contributed by atoms with van der Waals surface area (Å²) in [6.07, 6.45) is 11.0. The molecule has 1 aliphatic rings. The van der Waals surface area contributed by atoms with Gasteiger partial charge in [-0.2, -0.15) is 17.0 Å². The van der Waals surface area contributed by atoms with Crippen LogP contribution in [0.2, 0.25) is 0 Å². The van der Waals surface area contributed by atoms with E-state index in [0.717, 1.165) is 44.9 Å². The Morgan fingerprint density at radius 2 is 1.83 bits per heavy atom. The molecule has 0 bridgehead atoms. The summed E-state index contributed by atoms with van der Waals surface area (Å²) in [5.41, 5.74) is 0. The van der Waals surface area contributed by atoms with Gasteiger partial charge in [0.25, 0.3) is 10.2 Å². The lowest BCUT2D eigenvalue weighted by atomic mass is 10.1. The quantitative estimate of drug-likeness (QED) is 0.381. The first kappa shape index (κ1) is 20.4. The Kier molecular flexibility index (Phi) is 9.71. The van der Waals surface area contributed by atoms with E-state index in [9.17, 15) is 8.42 Å². The largest absolute Gasteiger partial charge is 0.378 e. The lowest BCUT2D eigenvalue weighted by molar-refractivity contribution is 0.0386. The first-order chi connectivity index (χ1) is 11.0. The van der Waals surface area contributed by atoms with Gasteiger partial charge in [-0.3, -0.25) is 0 Å². The molecule has 134 valence electrons. The van der Waals surface area contributed by atoms with Crippen LogP contribution < -0.4 is 0 Å². The molecule has 1 fully saturated rings.